The van der Waals surface area contributed by atoms with Crippen LogP contribution in [0.15, 0.2) is 32.9 Å². The van der Waals surface area contributed by atoms with Gasteiger partial charge in [-0.05, 0) is 36.1 Å². The number of hydrogen-bond donors (Lipinski definition) is 1. The van der Waals surface area contributed by atoms with E-state index >= 15 is 0 Å². The van der Waals surface area contributed by atoms with Crippen LogP contribution in [0.25, 0.3) is 0 Å². The number of aromatic nitrogens is 2. The molecular weight excluding hydrogens is 370 g/mol. The lowest BCUT2D eigenvalue weighted by molar-refractivity contribution is -0.119. The molecule has 25 heavy (non-hydrogen) atoms. The number of nitrogens with zero attached hydrogens (tertiary/aromatic N) is 2. The van der Waals surface area contributed by atoms with Crippen molar-refractivity contribution in [3.05, 3.63) is 35.4 Å². The molecule has 0 spiro atoms. The zero-order valence-electron chi connectivity index (χ0n) is 15.1. The van der Waals surface area contributed by atoms with Gasteiger partial charge in [0.25, 0.3) is 0 Å². The summed E-state index contributed by atoms with van der Waals surface area (Å²) in [4.78, 5) is 12.2. The average molecular weight is 396 g/mol. The number of carbonyl (C=O) groups excluding carboxylic acids is 1. The van der Waals surface area contributed by atoms with Crippen molar-refractivity contribution in [1.82, 2.24) is 15.5 Å². The van der Waals surface area contributed by atoms with E-state index in [2.05, 4.69) is 60.6 Å². The Labute approximate surface area is 162 Å². The van der Waals surface area contributed by atoms with E-state index in [0.717, 1.165) is 26.4 Å². The molecule has 1 unspecified atom stereocenters. The normalized spacial score (nSPS) is 12.4. The molecule has 0 saturated carbocycles. The predicted octanol–water partition coefficient (Wildman–Crippen LogP) is 4.82. The van der Waals surface area contributed by atoms with E-state index in [1.807, 2.05) is 6.92 Å². The molecule has 0 aliphatic rings. The molecule has 0 aliphatic heterocycles. The van der Waals surface area contributed by atoms with E-state index in [0.29, 0.717) is 11.7 Å². The maximum absolute atomic E-state index is 12.2. The Morgan fingerprint density at radius 3 is 2.36 bits per heavy atom. The van der Waals surface area contributed by atoms with Crippen molar-refractivity contribution in [2.24, 2.45) is 5.92 Å². The summed E-state index contributed by atoms with van der Waals surface area (Å²) in [7, 11) is 0. The van der Waals surface area contributed by atoms with Crippen LogP contribution in [0, 0.1) is 5.92 Å². The SMILES string of the molecule is CCSc1nnc(SCC(=O)NC(C)c2ccc(CC(C)C)cc2)s1. The molecule has 0 radical (unpaired) electrons. The molecule has 2 rings (SSSR count). The molecule has 7 heteroatoms. The third-order valence-corrected chi connectivity index (χ3v) is 6.56. The second kappa shape index (κ2) is 10.2. The maximum Gasteiger partial charge on any atom is 0.230 e. The second-order valence-corrected chi connectivity index (χ2v) is 9.90. The highest BCUT2D eigenvalue weighted by atomic mass is 32.2. The van der Waals surface area contributed by atoms with Crippen molar-refractivity contribution in [3.8, 4) is 0 Å². The first-order valence-electron chi connectivity index (χ1n) is 8.45. The van der Waals surface area contributed by atoms with Crippen LogP contribution >= 0.6 is 34.9 Å². The summed E-state index contributed by atoms with van der Waals surface area (Å²) in [5, 5.41) is 11.3. The summed E-state index contributed by atoms with van der Waals surface area (Å²) in [5.41, 5.74) is 2.47. The standard InChI is InChI=1S/C18H25N3OS3/c1-5-23-17-20-21-18(25-17)24-11-16(22)19-13(4)15-8-6-14(7-9-15)10-12(2)3/h6-9,12-13H,5,10-11H2,1-4H3,(H,19,22). The summed E-state index contributed by atoms with van der Waals surface area (Å²) in [6.07, 6.45) is 1.08. The largest absolute Gasteiger partial charge is 0.349 e. The van der Waals surface area contributed by atoms with Crippen LogP contribution in [0.3, 0.4) is 0 Å². The van der Waals surface area contributed by atoms with Crippen molar-refractivity contribution < 1.29 is 4.79 Å². The molecule has 4 nitrogen and oxygen atoms in total. The molecule has 1 aromatic carbocycles. The monoisotopic (exact) mass is 395 g/mol. The molecule has 2 aromatic rings. The summed E-state index contributed by atoms with van der Waals surface area (Å²) < 4.78 is 1.80. The minimum absolute atomic E-state index is 0.00169. The minimum Gasteiger partial charge on any atom is -0.349 e. The topological polar surface area (TPSA) is 54.9 Å². The van der Waals surface area contributed by atoms with E-state index in [4.69, 9.17) is 0 Å². The van der Waals surface area contributed by atoms with Gasteiger partial charge in [-0.2, -0.15) is 0 Å². The van der Waals surface area contributed by atoms with Gasteiger partial charge in [0.1, 0.15) is 0 Å². The van der Waals surface area contributed by atoms with Crippen molar-refractivity contribution >= 4 is 40.8 Å². The van der Waals surface area contributed by atoms with Gasteiger partial charge >= 0.3 is 0 Å². The number of nitrogens with one attached hydrogen (secondary N) is 1. The van der Waals surface area contributed by atoms with Gasteiger partial charge in [-0.15, -0.1) is 10.2 Å². The summed E-state index contributed by atoms with van der Waals surface area (Å²) in [6.45, 7) is 8.54. The fraction of sp³-hybridized carbons (Fsp3) is 0.500. The Balaban J connectivity index is 1.80. The Bertz CT molecular complexity index is 670. The van der Waals surface area contributed by atoms with Crippen LogP contribution in [0.5, 0.6) is 0 Å². The van der Waals surface area contributed by atoms with Gasteiger partial charge in [-0.1, -0.05) is 79.9 Å². The van der Waals surface area contributed by atoms with Crippen LogP contribution in [0.2, 0.25) is 0 Å². The summed E-state index contributed by atoms with van der Waals surface area (Å²) in [5.74, 6) is 2.01. The predicted molar refractivity (Wildman–Crippen MR) is 109 cm³/mol. The van der Waals surface area contributed by atoms with E-state index in [1.54, 1.807) is 23.1 Å². The number of carbonyl (C=O) groups is 1. The molecule has 0 fully saturated rings. The van der Waals surface area contributed by atoms with Crippen LogP contribution in [-0.2, 0) is 11.2 Å². The number of rotatable bonds is 9. The third-order valence-electron chi connectivity index (χ3n) is 3.48. The number of thioether (sulfide) groups is 2. The van der Waals surface area contributed by atoms with Gasteiger partial charge in [0.2, 0.25) is 5.91 Å². The second-order valence-electron chi connectivity index (χ2n) is 6.18. The summed E-state index contributed by atoms with van der Waals surface area (Å²) in [6, 6.07) is 8.52. The molecule has 0 bridgehead atoms. The first kappa shape index (κ1) is 20.3. The Hall–Kier alpha value is -1.05. The minimum atomic E-state index is 0.00169. The molecule has 136 valence electrons. The lowest BCUT2D eigenvalue weighted by atomic mass is 10.00. The number of benzene rings is 1. The molecule has 1 N–H and O–H groups in total. The Morgan fingerprint density at radius 1 is 1.12 bits per heavy atom. The number of amides is 1. The van der Waals surface area contributed by atoms with Crippen molar-refractivity contribution in [2.75, 3.05) is 11.5 Å². The van der Waals surface area contributed by atoms with Gasteiger partial charge < -0.3 is 5.32 Å². The molecule has 1 heterocycles. The van der Waals surface area contributed by atoms with E-state index in [-0.39, 0.29) is 11.9 Å². The van der Waals surface area contributed by atoms with E-state index in [9.17, 15) is 4.79 Å². The molecule has 1 amide bonds. The smallest absolute Gasteiger partial charge is 0.230 e. The van der Waals surface area contributed by atoms with Gasteiger partial charge in [-0.3, -0.25) is 4.79 Å². The van der Waals surface area contributed by atoms with Gasteiger partial charge in [0.15, 0.2) is 8.68 Å². The molecule has 0 aliphatic carbocycles. The van der Waals surface area contributed by atoms with Crippen molar-refractivity contribution in [1.29, 1.82) is 0 Å². The van der Waals surface area contributed by atoms with Crippen LogP contribution in [-0.4, -0.2) is 27.6 Å². The van der Waals surface area contributed by atoms with E-state index in [1.165, 1.54) is 17.3 Å². The fourth-order valence-electron chi connectivity index (χ4n) is 2.34. The molecule has 0 saturated heterocycles. The number of hydrogen-bond acceptors (Lipinski definition) is 6. The first-order chi connectivity index (χ1) is 12.0. The highest BCUT2D eigenvalue weighted by Gasteiger charge is 2.12. The highest BCUT2D eigenvalue weighted by molar-refractivity contribution is 8.03. The van der Waals surface area contributed by atoms with Crippen molar-refractivity contribution in [3.63, 3.8) is 0 Å². The maximum atomic E-state index is 12.2. The lowest BCUT2D eigenvalue weighted by Crippen LogP contribution is -2.28. The zero-order chi connectivity index (χ0) is 18.2. The fourth-order valence-corrected chi connectivity index (χ4v) is 5.07. The summed E-state index contributed by atoms with van der Waals surface area (Å²) >= 11 is 4.66. The lowest BCUT2D eigenvalue weighted by Gasteiger charge is -2.15. The Morgan fingerprint density at radius 2 is 1.76 bits per heavy atom. The van der Waals surface area contributed by atoms with Crippen LogP contribution < -0.4 is 5.32 Å². The molecule has 1 aromatic heterocycles. The van der Waals surface area contributed by atoms with Crippen LogP contribution in [0.4, 0.5) is 0 Å². The average Bonchev–Trinajstić information content (AvgIpc) is 3.01. The van der Waals surface area contributed by atoms with Gasteiger partial charge in [-0.25, -0.2) is 0 Å². The molecular formula is C18H25N3OS3. The van der Waals surface area contributed by atoms with Gasteiger partial charge in [0.05, 0.1) is 11.8 Å². The quantitative estimate of drug-likeness (QED) is 0.617. The first-order valence-corrected chi connectivity index (χ1v) is 11.2. The highest BCUT2D eigenvalue weighted by Crippen LogP contribution is 2.28. The van der Waals surface area contributed by atoms with Crippen molar-refractivity contribution in [2.45, 2.75) is 48.8 Å². The zero-order valence-corrected chi connectivity index (χ0v) is 17.6. The third kappa shape index (κ3) is 6.99. The van der Waals surface area contributed by atoms with E-state index < -0.39 is 0 Å². The van der Waals surface area contributed by atoms with Gasteiger partial charge in [0, 0.05) is 0 Å². The molecule has 1 atom stereocenters. The van der Waals surface area contributed by atoms with Crippen LogP contribution in [0.1, 0.15) is 44.9 Å². The Kier molecular flexibility index (Phi) is 8.26.